The van der Waals surface area contributed by atoms with Crippen molar-refractivity contribution in [1.82, 2.24) is 0 Å². The predicted octanol–water partition coefficient (Wildman–Crippen LogP) is 5.52. The maximum atomic E-state index is 11.0. The van der Waals surface area contributed by atoms with E-state index in [1.54, 1.807) is 24.3 Å². The molecule has 0 aromatic heterocycles. The Morgan fingerprint density at radius 2 is 1.19 bits per heavy atom. The molecular weight excluding hydrogens is 388 g/mol. The van der Waals surface area contributed by atoms with Crippen molar-refractivity contribution in [2.75, 3.05) is 0 Å². The first-order valence-corrected chi connectivity index (χ1v) is 10.3. The van der Waals surface area contributed by atoms with Gasteiger partial charge in [0.25, 0.3) is 0 Å². The van der Waals surface area contributed by atoms with Gasteiger partial charge in [-0.05, 0) is 76.9 Å². The molecule has 0 atom stereocenters. The lowest BCUT2D eigenvalue weighted by atomic mass is 9.96. The highest BCUT2D eigenvalue weighted by Gasteiger charge is 2.10. The average Bonchev–Trinajstić information content (AvgIpc) is 2.78. The highest BCUT2D eigenvalue weighted by Crippen LogP contribution is 2.30. The molecule has 0 unspecified atom stereocenters. The van der Waals surface area contributed by atoms with Gasteiger partial charge in [0.1, 0.15) is 11.5 Å². The van der Waals surface area contributed by atoms with Gasteiger partial charge in [-0.25, -0.2) is 4.79 Å². The van der Waals surface area contributed by atoms with Crippen LogP contribution in [0, 0.1) is 0 Å². The van der Waals surface area contributed by atoms with Crippen LogP contribution >= 0.6 is 0 Å². The fourth-order valence-corrected chi connectivity index (χ4v) is 3.84. The van der Waals surface area contributed by atoms with Gasteiger partial charge >= 0.3 is 5.97 Å². The first-order chi connectivity index (χ1) is 15.0. The van der Waals surface area contributed by atoms with E-state index in [0.29, 0.717) is 19.3 Å². The Bertz CT molecular complexity index is 1230. The molecule has 0 heterocycles. The summed E-state index contributed by atoms with van der Waals surface area (Å²) in [6, 6.07) is 24.7. The normalized spacial score (nSPS) is 11.0. The van der Waals surface area contributed by atoms with E-state index in [-0.39, 0.29) is 17.1 Å². The van der Waals surface area contributed by atoms with E-state index in [4.69, 9.17) is 5.11 Å². The Labute approximate surface area is 181 Å². The minimum Gasteiger partial charge on any atom is -0.508 e. The number of carbonyl (C=O) groups is 1. The molecule has 3 N–H and O–H groups in total. The largest absolute Gasteiger partial charge is 0.508 e. The van der Waals surface area contributed by atoms with Crippen LogP contribution in [0.5, 0.6) is 11.5 Å². The van der Waals surface area contributed by atoms with Crippen LogP contribution in [0.15, 0.2) is 78.9 Å². The molecule has 0 spiro atoms. The van der Waals surface area contributed by atoms with Gasteiger partial charge < -0.3 is 15.3 Å². The maximum Gasteiger partial charge on any atom is 0.335 e. The summed E-state index contributed by atoms with van der Waals surface area (Å²) in [6.45, 7) is 0. The molecule has 0 fully saturated rings. The molecule has 0 amide bonds. The van der Waals surface area contributed by atoms with Gasteiger partial charge in [0.15, 0.2) is 0 Å². The second-order valence-corrected chi connectivity index (χ2v) is 7.79. The summed E-state index contributed by atoms with van der Waals surface area (Å²) in [5, 5.41) is 32.0. The van der Waals surface area contributed by atoms with Crippen molar-refractivity contribution in [1.29, 1.82) is 0 Å². The molecule has 4 rings (SSSR count). The van der Waals surface area contributed by atoms with Crippen LogP contribution in [-0.4, -0.2) is 21.3 Å². The third-order valence-corrected chi connectivity index (χ3v) is 5.66. The predicted molar refractivity (Wildman–Crippen MR) is 122 cm³/mol. The van der Waals surface area contributed by atoms with Crippen LogP contribution in [0.25, 0.3) is 10.8 Å². The van der Waals surface area contributed by atoms with Gasteiger partial charge in [-0.2, -0.15) is 0 Å². The van der Waals surface area contributed by atoms with Crippen molar-refractivity contribution in [3.63, 3.8) is 0 Å². The highest BCUT2D eigenvalue weighted by atomic mass is 16.4. The molecule has 0 bridgehead atoms. The molecule has 4 aromatic rings. The lowest BCUT2D eigenvalue weighted by Crippen LogP contribution is -1.98. The van der Waals surface area contributed by atoms with Crippen LogP contribution in [-0.2, 0) is 25.7 Å². The Morgan fingerprint density at radius 3 is 1.84 bits per heavy atom. The minimum atomic E-state index is -0.946. The number of aryl methyl sites for hydroxylation is 4. The molecule has 4 heteroatoms. The second-order valence-electron chi connectivity index (χ2n) is 7.79. The van der Waals surface area contributed by atoms with E-state index in [2.05, 4.69) is 30.3 Å². The van der Waals surface area contributed by atoms with Crippen molar-refractivity contribution < 1.29 is 20.1 Å². The number of fused-ring (bicyclic) bond motifs is 1. The van der Waals surface area contributed by atoms with Crippen LogP contribution in [0.1, 0.15) is 32.6 Å². The van der Waals surface area contributed by atoms with E-state index in [0.717, 1.165) is 23.1 Å². The quantitative estimate of drug-likeness (QED) is 0.373. The summed E-state index contributed by atoms with van der Waals surface area (Å²) in [7, 11) is 0. The lowest BCUT2D eigenvalue weighted by Gasteiger charge is -2.11. The van der Waals surface area contributed by atoms with E-state index in [9.17, 15) is 15.0 Å². The first-order valence-electron chi connectivity index (χ1n) is 10.3. The molecule has 0 aliphatic heterocycles. The number of rotatable bonds is 7. The molecule has 4 nitrogen and oxygen atoms in total. The fourth-order valence-electron chi connectivity index (χ4n) is 3.84. The van der Waals surface area contributed by atoms with Gasteiger partial charge in [0.05, 0.1) is 5.56 Å². The Morgan fingerprint density at radius 1 is 0.613 bits per heavy atom. The SMILES string of the molecule is O=C(O)c1ccc(CCc2cc(CCc3ccc4ccccc4c3)c(O)cc2O)cc1. The zero-order valence-corrected chi connectivity index (χ0v) is 17.1. The molecule has 0 saturated heterocycles. The molecule has 4 aromatic carbocycles. The van der Waals surface area contributed by atoms with Gasteiger partial charge in [-0.1, -0.05) is 54.6 Å². The van der Waals surface area contributed by atoms with Crippen molar-refractivity contribution in [2.45, 2.75) is 25.7 Å². The molecule has 0 aliphatic rings. The number of carboxylic acids is 1. The molecule has 156 valence electrons. The molecule has 0 aliphatic carbocycles. The third-order valence-electron chi connectivity index (χ3n) is 5.66. The summed E-state index contributed by atoms with van der Waals surface area (Å²) < 4.78 is 0. The summed E-state index contributed by atoms with van der Waals surface area (Å²) >= 11 is 0. The van der Waals surface area contributed by atoms with E-state index in [1.807, 2.05) is 18.2 Å². The molecular formula is C27H24O4. The number of carboxylic acid groups (broad SMARTS) is 1. The number of benzene rings is 4. The first kappa shape index (κ1) is 20.5. The maximum absolute atomic E-state index is 11.0. The monoisotopic (exact) mass is 412 g/mol. The van der Waals surface area contributed by atoms with Crippen molar-refractivity contribution in [2.24, 2.45) is 0 Å². The Balaban J connectivity index is 1.45. The smallest absolute Gasteiger partial charge is 0.335 e. The van der Waals surface area contributed by atoms with Crippen molar-refractivity contribution in [3.8, 4) is 11.5 Å². The second kappa shape index (κ2) is 8.92. The number of aromatic hydroxyl groups is 2. The van der Waals surface area contributed by atoms with Crippen LogP contribution in [0.4, 0.5) is 0 Å². The topological polar surface area (TPSA) is 77.8 Å². The fraction of sp³-hybridized carbons (Fsp3) is 0.148. The lowest BCUT2D eigenvalue weighted by molar-refractivity contribution is 0.0697. The van der Waals surface area contributed by atoms with Gasteiger partial charge in [-0.3, -0.25) is 0 Å². The number of aromatic carboxylic acids is 1. The van der Waals surface area contributed by atoms with Gasteiger partial charge in [0.2, 0.25) is 0 Å². The van der Waals surface area contributed by atoms with Crippen LogP contribution in [0.2, 0.25) is 0 Å². The minimum absolute atomic E-state index is 0.0779. The molecule has 0 saturated carbocycles. The number of hydrogen-bond acceptors (Lipinski definition) is 3. The highest BCUT2D eigenvalue weighted by molar-refractivity contribution is 5.87. The molecule has 31 heavy (non-hydrogen) atoms. The standard InChI is InChI=1S/C27H24O4/c28-25-17-26(29)24(14-9-19-8-10-20-3-1-2-4-22(20)15-19)16-23(25)13-7-18-5-11-21(12-6-18)27(30)31/h1-6,8,10-12,15-17,28-29H,7,9,13-14H2,(H,30,31). The zero-order valence-electron chi connectivity index (χ0n) is 17.1. The van der Waals surface area contributed by atoms with E-state index in [1.165, 1.54) is 22.4 Å². The third kappa shape index (κ3) is 4.86. The van der Waals surface area contributed by atoms with Gasteiger partial charge in [-0.15, -0.1) is 0 Å². The number of phenolic OH excluding ortho intramolecular Hbond substituents is 2. The molecule has 0 radical (unpaired) electrons. The van der Waals surface area contributed by atoms with Crippen LogP contribution in [0.3, 0.4) is 0 Å². The van der Waals surface area contributed by atoms with Gasteiger partial charge in [0, 0.05) is 6.07 Å². The van der Waals surface area contributed by atoms with E-state index < -0.39 is 5.97 Å². The summed E-state index contributed by atoms with van der Waals surface area (Å²) in [6.07, 6.45) is 2.73. The summed E-state index contributed by atoms with van der Waals surface area (Å²) in [4.78, 5) is 11.0. The van der Waals surface area contributed by atoms with Crippen molar-refractivity contribution >= 4 is 16.7 Å². The Kier molecular flexibility index (Phi) is 5.89. The zero-order chi connectivity index (χ0) is 21.8. The summed E-state index contributed by atoms with van der Waals surface area (Å²) in [5.41, 5.74) is 4.03. The Hall–Kier alpha value is -3.79. The van der Waals surface area contributed by atoms with Crippen LogP contribution < -0.4 is 0 Å². The number of phenols is 2. The average molecular weight is 412 g/mol. The summed E-state index contributed by atoms with van der Waals surface area (Å²) in [5.74, 6) is -0.763. The number of hydrogen-bond donors (Lipinski definition) is 3. The van der Waals surface area contributed by atoms with E-state index >= 15 is 0 Å². The van der Waals surface area contributed by atoms with Crippen molar-refractivity contribution in [3.05, 3.63) is 107 Å².